The van der Waals surface area contributed by atoms with Crippen molar-refractivity contribution in [3.8, 4) is 0 Å². The Morgan fingerprint density at radius 1 is 1.50 bits per heavy atom. The van der Waals surface area contributed by atoms with Crippen LogP contribution < -0.4 is 5.32 Å². The summed E-state index contributed by atoms with van der Waals surface area (Å²) in [5.41, 5.74) is 1.34. The zero-order valence-electron chi connectivity index (χ0n) is 9.82. The van der Waals surface area contributed by atoms with Crippen LogP contribution in [0.4, 0.5) is 0 Å². The first-order valence-corrected chi connectivity index (χ1v) is 7.50. The summed E-state index contributed by atoms with van der Waals surface area (Å²) in [6.07, 6.45) is 4.23. The highest BCUT2D eigenvalue weighted by Gasteiger charge is 2.17. The highest BCUT2D eigenvalue weighted by Crippen LogP contribution is 2.10. The lowest BCUT2D eigenvalue weighted by atomic mass is 10.1. The Balaban J connectivity index is 1.81. The molecule has 2 rings (SSSR count). The molecule has 0 aromatic carbocycles. The van der Waals surface area contributed by atoms with E-state index in [0.717, 1.165) is 37.4 Å². The van der Waals surface area contributed by atoms with Crippen molar-refractivity contribution in [3.05, 3.63) is 24.0 Å². The van der Waals surface area contributed by atoms with E-state index in [4.69, 9.17) is 0 Å². The van der Waals surface area contributed by atoms with Crippen LogP contribution in [0.3, 0.4) is 0 Å². The van der Waals surface area contributed by atoms with Crippen LogP contribution in [0.5, 0.6) is 0 Å². The van der Waals surface area contributed by atoms with Gasteiger partial charge in [0, 0.05) is 53.3 Å². The van der Waals surface area contributed by atoms with Gasteiger partial charge in [-0.25, -0.2) is 0 Å². The molecule has 16 heavy (non-hydrogen) atoms. The summed E-state index contributed by atoms with van der Waals surface area (Å²) in [6, 6.07) is 4.81. The molecule has 1 saturated heterocycles. The first-order valence-electron chi connectivity index (χ1n) is 6.02. The lowest BCUT2D eigenvalue weighted by Gasteiger charge is -2.22. The van der Waals surface area contributed by atoms with Gasteiger partial charge in [-0.05, 0) is 31.9 Å². The molecule has 0 spiro atoms. The number of hydrogen-bond acceptors (Lipinski definition) is 2. The molecule has 0 saturated carbocycles. The van der Waals surface area contributed by atoms with Crippen LogP contribution in [0.2, 0.25) is 0 Å². The summed E-state index contributed by atoms with van der Waals surface area (Å²) in [4.78, 5) is 0. The smallest absolute Gasteiger partial charge is 0.0361 e. The Morgan fingerprint density at radius 2 is 2.25 bits per heavy atom. The van der Waals surface area contributed by atoms with E-state index in [0.29, 0.717) is 6.04 Å². The van der Waals surface area contributed by atoms with Crippen molar-refractivity contribution >= 4 is 10.8 Å². The van der Waals surface area contributed by atoms with Crippen LogP contribution in [-0.4, -0.2) is 26.3 Å². The minimum Gasteiger partial charge on any atom is -0.351 e. The number of hydrogen-bond donors (Lipinski definition) is 1. The number of rotatable bonds is 4. The molecule has 2 heterocycles. The van der Waals surface area contributed by atoms with Crippen LogP contribution in [0.1, 0.15) is 25.5 Å². The fourth-order valence-corrected chi connectivity index (χ4v) is 3.46. The molecular weight excluding hydrogens is 220 g/mol. The molecule has 0 unspecified atom stereocenters. The molecule has 1 aliphatic heterocycles. The fourth-order valence-electron chi connectivity index (χ4n) is 2.17. The van der Waals surface area contributed by atoms with Gasteiger partial charge in [0.15, 0.2) is 0 Å². The van der Waals surface area contributed by atoms with Gasteiger partial charge in [0.1, 0.15) is 0 Å². The molecule has 3 nitrogen and oxygen atoms in total. The molecule has 4 heteroatoms. The highest BCUT2D eigenvalue weighted by molar-refractivity contribution is 7.85. The predicted octanol–water partition coefficient (Wildman–Crippen LogP) is 1.51. The summed E-state index contributed by atoms with van der Waals surface area (Å²) >= 11 is 0. The minimum absolute atomic E-state index is 0.552. The maximum atomic E-state index is 11.2. The van der Waals surface area contributed by atoms with Crippen molar-refractivity contribution in [2.45, 2.75) is 38.9 Å². The summed E-state index contributed by atoms with van der Waals surface area (Å²) in [5, 5.41) is 3.56. The minimum atomic E-state index is -0.552. The molecule has 1 fully saturated rings. The molecule has 1 N–H and O–H groups in total. The Bertz CT molecular complexity index is 352. The third-order valence-electron chi connectivity index (χ3n) is 3.22. The first kappa shape index (κ1) is 11.9. The molecule has 0 atom stereocenters. The Hall–Kier alpha value is -0.610. The van der Waals surface area contributed by atoms with E-state index in [1.54, 1.807) is 0 Å². The van der Waals surface area contributed by atoms with Crippen molar-refractivity contribution in [3.63, 3.8) is 0 Å². The van der Waals surface area contributed by atoms with E-state index in [1.807, 2.05) is 0 Å². The standard InChI is InChI=1S/C12H20N2OS/c1-2-14-7-3-4-12(14)10-13-11-5-8-16(15)9-6-11/h3-4,7,11,13H,2,5-6,8-10H2,1H3. The van der Waals surface area contributed by atoms with E-state index in [-0.39, 0.29) is 0 Å². The summed E-state index contributed by atoms with van der Waals surface area (Å²) in [6.45, 7) is 4.12. The molecule has 0 aliphatic carbocycles. The lowest BCUT2D eigenvalue weighted by molar-refractivity contribution is 0.465. The summed E-state index contributed by atoms with van der Waals surface area (Å²) < 4.78 is 13.5. The van der Waals surface area contributed by atoms with Crippen LogP contribution >= 0.6 is 0 Å². The molecular formula is C12H20N2OS. The third-order valence-corrected chi connectivity index (χ3v) is 4.61. The Morgan fingerprint density at radius 3 is 2.94 bits per heavy atom. The third kappa shape index (κ3) is 2.95. The maximum Gasteiger partial charge on any atom is 0.0361 e. The second-order valence-corrected chi connectivity index (χ2v) is 5.98. The zero-order chi connectivity index (χ0) is 11.4. The number of aromatic nitrogens is 1. The number of aryl methyl sites for hydroxylation is 1. The van der Waals surface area contributed by atoms with E-state index >= 15 is 0 Å². The summed E-state index contributed by atoms with van der Waals surface area (Å²) in [5.74, 6) is 1.74. The van der Waals surface area contributed by atoms with Gasteiger partial charge >= 0.3 is 0 Å². The van der Waals surface area contributed by atoms with Gasteiger partial charge in [-0.3, -0.25) is 4.21 Å². The van der Waals surface area contributed by atoms with Crippen LogP contribution in [-0.2, 0) is 23.9 Å². The van der Waals surface area contributed by atoms with Gasteiger partial charge in [0.2, 0.25) is 0 Å². The van der Waals surface area contributed by atoms with Crippen molar-refractivity contribution in [1.82, 2.24) is 9.88 Å². The SMILES string of the molecule is CCn1cccc1CNC1CCS(=O)CC1. The molecule has 1 aromatic rings. The van der Waals surface area contributed by atoms with Gasteiger partial charge < -0.3 is 9.88 Å². The highest BCUT2D eigenvalue weighted by atomic mass is 32.2. The van der Waals surface area contributed by atoms with Crippen LogP contribution in [0.25, 0.3) is 0 Å². The quantitative estimate of drug-likeness (QED) is 0.865. The van der Waals surface area contributed by atoms with Crippen molar-refractivity contribution in [1.29, 1.82) is 0 Å². The van der Waals surface area contributed by atoms with Crippen molar-refractivity contribution < 1.29 is 4.21 Å². The van der Waals surface area contributed by atoms with Gasteiger partial charge in [0.05, 0.1) is 0 Å². The van der Waals surface area contributed by atoms with E-state index < -0.39 is 10.8 Å². The first-order chi connectivity index (χ1) is 7.79. The lowest BCUT2D eigenvalue weighted by Crippen LogP contribution is -2.35. The van der Waals surface area contributed by atoms with Crippen molar-refractivity contribution in [2.24, 2.45) is 0 Å². The van der Waals surface area contributed by atoms with E-state index in [1.165, 1.54) is 5.69 Å². The largest absolute Gasteiger partial charge is 0.351 e. The molecule has 90 valence electrons. The Kier molecular flexibility index (Phi) is 4.18. The van der Waals surface area contributed by atoms with Crippen molar-refractivity contribution in [2.75, 3.05) is 11.5 Å². The van der Waals surface area contributed by atoms with E-state index in [9.17, 15) is 4.21 Å². The predicted molar refractivity (Wildman–Crippen MR) is 67.8 cm³/mol. The number of nitrogens with one attached hydrogen (secondary N) is 1. The molecule has 0 radical (unpaired) electrons. The maximum absolute atomic E-state index is 11.2. The average molecular weight is 240 g/mol. The second kappa shape index (κ2) is 5.64. The van der Waals surface area contributed by atoms with Gasteiger partial charge in [0.25, 0.3) is 0 Å². The normalized spacial score (nSPS) is 25.8. The van der Waals surface area contributed by atoms with E-state index in [2.05, 4.69) is 35.1 Å². The molecule has 0 bridgehead atoms. The molecule has 1 aliphatic rings. The van der Waals surface area contributed by atoms with Gasteiger partial charge in [-0.2, -0.15) is 0 Å². The van der Waals surface area contributed by atoms with Crippen LogP contribution in [0, 0.1) is 0 Å². The fraction of sp³-hybridized carbons (Fsp3) is 0.667. The molecule has 0 amide bonds. The topological polar surface area (TPSA) is 34.0 Å². The Labute approximate surface area is 99.7 Å². The number of nitrogens with zero attached hydrogens (tertiary/aromatic N) is 1. The zero-order valence-corrected chi connectivity index (χ0v) is 10.6. The van der Waals surface area contributed by atoms with Crippen LogP contribution in [0.15, 0.2) is 18.3 Å². The monoisotopic (exact) mass is 240 g/mol. The van der Waals surface area contributed by atoms with Gasteiger partial charge in [-0.15, -0.1) is 0 Å². The second-order valence-electron chi connectivity index (χ2n) is 4.29. The summed E-state index contributed by atoms with van der Waals surface area (Å²) in [7, 11) is -0.552. The average Bonchev–Trinajstić information content (AvgIpc) is 2.76. The van der Waals surface area contributed by atoms with Gasteiger partial charge in [-0.1, -0.05) is 0 Å². The molecule has 1 aromatic heterocycles.